The molecule has 0 unspecified atom stereocenters. The Kier molecular flexibility index (Phi) is 5.20. The highest BCUT2D eigenvalue weighted by molar-refractivity contribution is 6.30. The standard InChI is InChI=1S/C25H19ClN2O/c1-17-7-13-21(14-8-17)28-24(19-5-3-2-4-6-19)15-22(23(16-27)25(28)29)18-9-11-20(26)12-10-18/h2-15,22-23H,1H3/t22-,23-/m1/s1. The van der Waals surface area contributed by atoms with Crippen LogP contribution in [0.15, 0.2) is 84.9 Å². The van der Waals surface area contributed by atoms with Crippen molar-refractivity contribution in [1.29, 1.82) is 5.26 Å². The molecule has 0 saturated carbocycles. The van der Waals surface area contributed by atoms with E-state index in [9.17, 15) is 10.1 Å². The topological polar surface area (TPSA) is 44.1 Å². The Labute approximate surface area is 175 Å². The first kappa shape index (κ1) is 19.0. The van der Waals surface area contributed by atoms with Crippen LogP contribution in [0.2, 0.25) is 5.02 Å². The zero-order chi connectivity index (χ0) is 20.4. The van der Waals surface area contributed by atoms with Crippen molar-refractivity contribution in [2.24, 2.45) is 5.92 Å². The van der Waals surface area contributed by atoms with Crippen molar-refractivity contribution < 1.29 is 4.79 Å². The Morgan fingerprint density at radius 1 is 0.931 bits per heavy atom. The van der Waals surface area contributed by atoms with Gasteiger partial charge in [0, 0.05) is 16.6 Å². The Hall–Kier alpha value is -3.35. The summed E-state index contributed by atoms with van der Waals surface area (Å²) in [7, 11) is 0. The van der Waals surface area contributed by atoms with E-state index in [1.807, 2.05) is 79.7 Å². The number of carbonyl (C=O) groups is 1. The van der Waals surface area contributed by atoms with Crippen molar-refractivity contribution in [3.05, 3.63) is 107 Å². The van der Waals surface area contributed by atoms with Crippen molar-refractivity contribution in [2.45, 2.75) is 12.8 Å². The zero-order valence-electron chi connectivity index (χ0n) is 15.9. The smallest absolute Gasteiger partial charge is 0.249 e. The summed E-state index contributed by atoms with van der Waals surface area (Å²) in [6, 6.07) is 27.1. The summed E-state index contributed by atoms with van der Waals surface area (Å²) < 4.78 is 0. The molecule has 1 amide bonds. The minimum atomic E-state index is -0.815. The predicted molar refractivity (Wildman–Crippen MR) is 116 cm³/mol. The molecule has 0 spiro atoms. The molecule has 4 rings (SSSR count). The molecule has 1 aliphatic rings. The summed E-state index contributed by atoms with van der Waals surface area (Å²) in [6.07, 6.45) is 2.02. The number of hydrogen-bond acceptors (Lipinski definition) is 2. The van der Waals surface area contributed by atoms with Gasteiger partial charge in [-0.2, -0.15) is 5.26 Å². The summed E-state index contributed by atoms with van der Waals surface area (Å²) in [6.45, 7) is 2.00. The van der Waals surface area contributed by atoms with Crippen LogP contribution in [0.3, 0.4) is 0 Å². The molecule has 142 valence electrons. The molecule has 0 aromatic heterocycles. The highest BCUT2D eigenvalue weighted by Gasteiger charge is 2.39. The monoisotopic (exact) mass is 398 g/mol. The van der Waals surface area contributed by atoms with Crippen molar-refractivity contribution in [2.75, 3.05) is 4.90 Å². The van der Waals surface area contributed by atoms with E-state index in [0.717, 1.165) is 28.1 Å². The van der Waals surface area contributed by atoms with E-state index < -0.39 is 5.92 Å². The summed E-state index contributed by atoms with van der Waals surface area (Å²) in [5.41, 5.74) is 4.47. The van der Waals surface area contributed by atoms with Gasteiger partial charge in [-0.05, 0) is 42.3 Å². The second kappa shape index (κ2) is 7.95. The summed E-state index contributed by atoms with van der Waals surface area (Å²) in [4.78, 5) is 15.2. The molecule has 0 bridgehead atoms. The number of anilines is 1. The Bertz CT molecular complexity index is 1100. The lowest BCUT2D eigenvalue weighted by Gasteiger charge is -2.35. The number of nitriles is 1. The minimum Gasteiger partial charge on any atom is -0.280 e. The summed E-state index contributed by atoms with van der Waals surface area (Å²) >= 11 is 6.03. The average Bonchev–Trinajstić information content (AvgIpc) is 2.75. The molecule has 4 heteroatoms. The number of allylic oxidation sites excluding steroid dienone is 1. The van der Waals surface area contributed by atoms with Crippen LogP contribution in [0, 0.1) is 24.2 Å². The van der Waals surface area contributed by atoms with E-state index in [2.05, 4.69) is 6.07 Å². The number of carbonyl (C=O) groups excluding carboxylic acids is 1. The third kappa shape index (κ3) is 3.68. The number of benzene rings is 3. The first-order chi connectivity index (χ1) is 14.1. The first-order valence-electron chi connectivity index (χ1n) is 9.41. The van der Waals surface area contributed by atoms with Gasteiger partial charge in [0.1, 0.15) is 5.92 Å². The van der Waals surface area contributed by atoms with Gasteiger partial charge < -0.3 is 0 Å². The second-order valence-corrected chi connectivity index (χ2v) is 7.55. The lowest BCUT2D eigenvalue weighted by Crippen LogP contribution is -2.40. The molecule has 29 heavy (non-hydrogen) atoms. The molecule has 2 atom stereocenters. The van der Waals surface area contributed by atoms with Crippen LogP contribution in [0.25, 0.3) is 5.70 Å². The summed E-state index contributed by atoms with van der Waals surface area (Å²) in [5.74, 6) is -1.38. The summed E-state index contributed by atoms with van der Waals surface area (Å²) in [5, 5.41) is 10.5. The zero-order valence-corrected chi connectivity index (χ0v) is 16.7. The van der Waals surface area contributed by atoms with Gasteiger partial charge in [-0.15, -0.1) is 0 Å². The molecule has 3 nitrogen and oxygen atoms in total. The van der Waals surface area contributed by atoms with E-state index in [1.165, 1.54) is 0 Å². The Morgan fingerprint density at radius 2 is 1.59 bits per heavy atom. The van der Waals surface area contributed by atoms with E-state index in [4.69, 9.17) is 11.6 Å². The van der Waals surface area contributed by atoms with Gasteiger partial charge in [-0.25, -0.2) is 0 Å². The molecule has 0 aliphatic carbocycles. The van der Waals surface area contributed by atoms with Crippen LogP contribution < -0.4 is 4.90 Å². The van der Waals surface area contributed by atoms with Crippen LogP contribution in [-0.4, -0.2) is 5.91 Å². The molecule has 3 aromatic carbocycles. The fraction of sp³-hybridized carbons (Fsp3) is 0.120. The van der Waals surface area contributed by atoms with Crippen LogP contribution in [-0.2, 0) is 4.79 Å². The molecule has 1 heterocycles. The van der Waals surface area contributed by atoms with Gasteiger partial charge in [-0.3, -0.25) is 9.69 Å². The fourth-order valence-corrected chi connectivity index (χ4v) is 3.78. The van der Waals surface area contributed by atoms with Gasteiger partial charge in [-0.1, -0.05) is 77.8 Å². The van der Waals surface area contributed by atoms with Gasteiger partial charge in [0.05, 0.1) is 11.8 Å². The van der Waals surface area contributed by atoms with Gasteiger partial charge in [0.2, 0.25) is 5.91 Å². The van der Waals surface area contributed by atoms with Crippen LogP contribution in [0.5, 0.6) is 0 Å². The highest BCUT2D eigenvalue weighted by atomic mass is 35.5. The predicted octanol–water partition coefficient (Wildman–Crippen LogP) is 5.96. The molecule has 0 fully saturated rings. The maximum Gasteiger partial charge on any atom is 0.249 e. The molecular formula is C25H19ClN2O. The van der Waals surface area contributed by atoms with Gasteiger partial charge >= 0.3 is 0 Å². The number of amides is 1. The molecule has 0 N–H and O–H groups in total. The average molecular weight is 399 g/mol. The third-order valence-electron chi connectivity index (χ3n) is 5.18. The molecule has 1 aliphatic heterocycles. The van der Waals surface area contributed by atoms with Crippen molar-refractivity contribution in [3.63, 3.8) is 0 Å². The lowest BCUT2D eigenvalue weighted by atomic mass is 9.81. The molecular weight excluding hydrogens is 380 g/mol. The second-order valence-electron chi connectivity index (χ2n) is 7.11. The number of nitrogens with zero attached hydrogens (tertiary/aromatic N) is 2. The molecule has 3 aromatic rings. The van der Waals surface area contributed by atoms with Gasteiger partial charge in [0.15, 0.2) is 0 Å². The first-order valence-corrected chi connectivity index (χ1v) is 9.79. The quantitative estimate of drug-likeness (QED) is 0.546. The lowest BCUT2D eigenvalue weighted by molar-refractivity contribution is -0.120. The van der Waals surface area contributed by atoms with E-state index >= 15 is 0 Å². The number of aryl methyl sites for hydroxylation is 1. The third-order valence-corrected chi connectivity index (χ3v) is 5.43. The molecule has 0 saturated heterocycles. The van der Waals surface area contributed by atoms with Crippen molar-refractivity contribution in [1.82, 2.24) is 0 Å². The van der Waals surface area contributed by atoms with Crippen molar-refractivity contribution in [3.8, 4) is 6.07 Å². The number of rotatable bonds is 3. The van der Waals surface area contributed by atoms with Crippen LogP contribution in [0.1, 0.15) is 22.6 Å². The largest absolute Gasteiger partial charge is 0.280 e. The Morgan fingerprint density at radius 3 is 2.21 bits per heavy atom. The van der Waals surface area contributed by atoms with E-state index in [1.54, 1.807) is 17.0 Å². The maximum absolute atomic E-state index is 13.5. The Balaban J connectivity index is 1.90. The highest BCUT2D eigenvalue weighted by Crippen LogP contribution is 2.40. The van der Waals surface area contributed by atoms with Crippen molar-refractivity contribution >= 4 is 28.9 Å². The SMILES string of the molecule is Cc1ccc(N2C(=O)[C@H](C#N)[C@@H](c3ccc(Cl)cc3)C=C2c2ccccc2)cc1. The van der Waals surface area contributed by atoms with Crippen LogP contribution in [0.4, 0.5) is 5.69 Å². The minimum absolute atomic E-state index is 0.224. The van der Waals surface area contributed by atoms with Gasteiger partial charge in [0.25, 0.3) is 0 Å². The maximum atomic E-state index is 13.5. The van der Waals surface area contributed by atoms with E-state index in [0.29, 0.717) is 5.02 Å². The number of halogens is 1. The molecule has 0 radical (unpaired) electrons. The van der Waals surface area contributed by atoms with Crippen LogP contribution >= 0.6 is 11.6 Å². The normalized spacial score (nSPS) is 18.9. The number of hydrogen-bond donors (Lipinski definition) is 0. The van der Waals surface area contributed by atoms with E-state index in [-0.39, 0.29) is 11.8 Å². The fourth-order valence-electron chi connectivity index (χ4n) is 3.66.